The van der Waals surface area contributed by atoms with Crippen molar-refractivity contribution >= 4 is 51.4 Å². The minimum absolute atomic E-state index is 0. The molecule has 13 heavy (non-hydrogen) atoms. The van der Waals surface area contributed by atoms with Gasteiger partial charge in [-0.2, -0.15) is 0 Å². The largest absolute Gasteiger partial charge is 0.229 e. The van der Waals surface area contributed by atoms with Gasteiger partial charge in [-0.1, -0.05) is 30.3 Å². The number of sulfonamides is 1. The Hall–Kier alpha value is 0.420. The molecule has 1 aromatic rings. The molecule has 0 atom stereocenters. The van der Waals surface area contributed by atoms with Crippen molar-refractivity contribution in [2.24, 2.45) is 0 Å². The van der Waals surface area contributed by atoms with Crippen LogP contribution >= 0.6 is 11.8 Å². The molecule has 1 N–H and O–H groups in total. The summed E-state index contributed by atoms with van der Waals surface area (Å²) in [6.07, 6.45) is 0. The Balaban J connectivity index is 0.00000144. The Morgan fingerprint density at radius 3 is 2.23 bits per heavy atom. The summed E-state index contributed by atoms with van der Waals surface area (Å²) < 4.78 is 23.6. The minimum atomic E-state index is -3.36. The standard InChI is InChI=1S/C7H8ClNO2S.Na/c8-9-12(10,11)6-7-4-2-1-3-5-7;/h1-5,9H,6H2;. The first kappa shape index (κ1) is 13.4. The predicted octanol–water partition coefficient (Wildman–Crippen LogP) is 0.879. The van der Waals surface area contributed by atoms with E-state index in [0.29, 0.717) is 5.56 Å². The third-order valence-corrected chi connectivity index (χ3v) is 2.97. The molecule has 1 radical (unpaired) electrons. The zero-order valence-corrected chi connectivity index (χ0v) is 10.8. The summed E-state index contributed by atoms with van der Waals surface area (Å²) >= 11 is 5.01. The molecule has 3 nitrogen and oxygen atoms in total. The summed E-state index contributed by atoms with van der Waals surface area (Å²) in [5.74, 6) is -0.0860. The van der Waals surface area contributed by atoms with Crippen molar-refractivity contribution in [3.63, 3.8) is 0 Å². The smallest absolute Gasteiger partial charge is 0.211 e. The van der Waals surface area contributed by atoms with Crippen molar-refractivity contribution in [1.29, 1.82) is 0 Å². The maximum atomic E-state index is 10.9. The van der Waals surface area contributed by atoms with Crippen LogP contribution in [0.15, 0.2) is 30.3 Å². The Labute approximate surface area is 105 Å². The molecule has 0 fully saturated rings. The van der Waals surface area contributed by atoms with E-state index in [9.17, 15) is 8.42 Å². The van der Waals surface area contributed by atoms with Crippen molar-refractivity contribution in [2.45, 2.75) is 5.75 Å². The molecular weight excluding hydrogens is 221 g/mol. The molecule has 1 aromatic carbocycles. The molecule has 0 saturated heterocycles. The second kappa shape index (κ2) is 6.01. The van der Waals surface area contributed by atoms with E-state index in [4.69, 9.17) is 11.8 Å². The van der Waals surface area contributed by atoms with Gasteiger partial charge in [-0.3, -0.25) is 0 Å². The van der Waals surface area contributed by atoms with Gasteiger partial charge in [0.05, 0.1) is 5.75 Å². The van der Waals surface area contributed by atoms with Crippen LogP contribution in [0.5, 0.6) is 0 Å². The fourth-order valence-corrected chi connectivity index (χ4v) is 1.67. The van der Waals surface area contributed by atoms with Crippen molar-refractivity contribution < 1.29 is 8.42 Å². The summed E-state index contributed by atoms with van der Waals surface area (Å²) in [5, 5.41) is 0. The zero-order chi connectivity index (χ0) is 9.03. The number of halogens is 1. The molecule has 0 aliphatic heterocycles. The molecule has 0 bridgehead atoms. The van der Waals surface area contributed by atoms with Crippen molar-refractivity contribution in [1.82, 2.24) is 4.24 Å². The van der Waals surface area contributed by atoms with E-state index in [2.05, 4.69) is 0 Å². The maximum Gasteiger partial charge on any atom is 0.229 e. The summed E-state index contributed by atoms with van der Waals surface area (Å²) in [5.41, 5.74) is 0.714. The van der Waals surface area contributed by atoms with Crippen LogP contribution < -0.4 is 4.24 Å². The average molecular weight is 229 g/mol. The molecule has 6 heteroatoms. The van der Waals surface area contributed by atoms with Crippen LogP contribution in [0.4, 0.5) is 0 Å². The predicted molar refractivity (Wildman–Crippen MR) is 53.8 cm³/mol. The normalized spacial score (nSPS) is 10.5. The molecule has 0 aliphatic rings. The Bertz CT molecular complexity index is 341. The Morgan fingerprint density at radius 2 is 1.77 bits per heavy atom. The average Bonchev–Trinajstić information content (AvgIpc) is 2.06. The van der Waals surface area contributed by atoms with Crippen molar-refractivity contribution in [3.8, 4) is 0 Å². The van der Waals surface area contributed by atoms with E-state index in [1.54, 1.807) is 28.5 Å². The van der Waals surface area contributed by atoms with Crippen LogP contribution in [0.3, 0.4) is 0 Å². The van der Waals surface area contributed by atoms with Gasteiger partial charge >= 0.3 is 0 Å². The van der Waals surface area contributed by atoms with Gasteiger partial charge in [-0.05, 0) is 17.3 Å². The number of benzene rings is 1. The van der Waals surface area contributed by atoms with Crippen LogP contribution in [0.1, 0.15) is 5.56 Å². The first-order valence-corrected chi connectivity index (χ1v) is 5.31. The van der Waals surface area contributed by atoms with Gasteiger partial charge in [0.25, 0.3) is 0 Å². The first-order chi connectivity index (χ1) is 5.64. The van der Waals surface area contributed by atoms with E-state index in [1.165, 1.54) is 0 Å². The molecule has 0 unspecified atom stereocenters. The molecule has 67 valence electrons. The van der Waals surface area contributed by atoms with Crippen LogP contribution in [0.25, 0.3) is 0 Å². The Morgan fingerprint density at radius 1 is 1.23 bits per heavy atom. The van der Waals surface area contributed by atoms with Gasteiger partial charge < -0.3 is 0 Å². The molecule has 0 heterocycles. The minimum Gasteiger partial charge on any atom is -0.211 e. The van der Waals surface area contributed by atoms with E-state index in [0.717, 1.165) is 0 Å². The van der Waals surface area contributed by atoms with Crippen molar-refractivity contribution in [3.05, 3.63) is 35.9 Å². The summed E-state index contributed by atoms with van der Waals surface area (Å²) in [6, 6.07) is 8.83. The Kier molecular flexibility index (Phi) is 6.20. The van der Waals surface area contributed by atoms with Gasteiger partial charge in [-0.15, -0.1) is 4.24 Å². The number of nitrogens with one attached hydrogen (secondary N) is 1. The van der Waals surface area contributed by atoms with Crippen molar-refractivity contribution in [2.75, 3.05) is 0 Å². The van der Waals surface area contributed by atoms with Gasteiger partial charge in [0.2, 0.25) is 10.0 Å². The number of hydrogen-bond acceptors (Lipinski definition) is 2. The van der Waals surface area contributed by atoms with E-state index < -0.39 is 10.0 Å². The van der Waals surface area contributed by atoms with E-state index in [1.807, 2.05) is 6.07 Å². The molecular formula is C7H8ClNNaO2S. The fraction of sp³-hybridized carbons (Fsp3) is 0.143. The zero-order valence-electron chi connectivity index (χ0n) is 7.20. The third kappa shape index (κ3) is 5.00. The quantitative estimate of drug-likeness (QED) is 0.617. The second-order valence-electron chi connectivity index (χ2n) is 2.32. The summed E-state index contributed by atoms with van der Waals surface area (Å²) in [4.78, 5) is 0. The molecule has 0 aliphatic carbocycles. The first-order valence-electron chi connectivity index (χ1n) is 3.28. The van der Waals surface area contributed by atoms with Crippen LogP contribution in [0.2, 0.25) is 0 Å². The molecule has 0 spiro atoms. The van der Waals surface area contributed by atoms with Gasteiger partial charge in [0.15, 0.2) is 0 Å². The van der Waals surface area contributed by atoms with Crippen LogP contribution in [-0.2, 0) is 15.8 Å². The summed E-state index contributed by atoms with van der Waals surface area (Å²) in [7, 11) is -3.36. The van der Waals surface area contributed by atoms with E-state index in [-0.39, 0.29) is 35.3 Å². The third-order valence-electron chi connectivity index (χ3n) is 1.32. The molecule has 0 saturated carbocycles. The summed E-state index contributed by atoms with van der Waals surface area (Å²) in [6.45, 7) is 0. The maximum absolute atomic E-state index is 10.9. The van der Waals surface area contributed by atoms with Gasteiger partial charge in [0.1, 0.15) is 0 Å². The van der Waals surface area contributed by atoms with Gasteiger partial charge in [-0.25, -0.2) is 8.42 Å². The van der Waals surface area contributed by atoms with Crippen LogP contribution in [0, 0.1) is 0 Å². The molecule has 0 aromatic heterocycles. The van der Waals surface area contributed by atoms with E-state index >= 15 is 0 Å². The van der Waals surface area contributed by atoms with Crippen LogP contribution in [-0.4, -0.2) is 38.0 Å². The number of hydrogen-bond donors (Lipinski definition) is 1. The SMILES string of the molecule is O=S(=O)(Cc1ccccc1)NCl.[Na]. The molecule has 0 amide bonds. The fourth-order valence-electron chi connectivity index (χ4n) is 0.821. The molecule has 1 rings (SSSR count). The number of rotatable bonds is 3. The van der Waals surface area contributed by atoms with Gasteiger partial charge in [0, 0.05) is 29.6 Å². The topological polar surface area (TPSA) is 46.2 Å². The second-order valence-corrected chi connectivity index (χ2v) is 4.46. The monoisotopic (exact) mass is 228 g/mol.